The Labute approximate surface area is 158 Å². The maximum Gasteiger partial charge on any atom is 0.307 e. The zero-order valence-electron chi connectivity index (χ0n) is 13.2. The molecule has 1 aliphatic rings. The van der Waals surface area contributed by atoms with Gasteiger partial charge >= 0.3 is 5.97 Å². The number of benzene rings is 1. The standard InChI is InChI=1S/C17H13Cl2N3O4/c18-11-2-1-3-12(19)14(11)16(24)21-8-4-5-20-13(6-8)22-15(23)9-7-10(9)17(25)26/h1-6,9-10H,7H2,(H,25,26)(H2,20,21,22,23,24)/t9-,10-/m1/s1. The third-order valence-corrected chi connectivity index (χ3v) is 4.53. The summed E-state index contributed by atoms with van der Waals surface area (Å²) in [4.78, 5) is 39.2. The van der Waals surface area contributed by atoms with E-state index in [1.165, 1.54) is 18.3 Å². The van der Waals surface area contributed by atoms with Crippen LogP contribution in [-0.2, 0) is 9.59 Å². The molecule has 2 aromatic rings. The van der Waals surface area contributed by atoms with Gasteiger partial charge in [0.2, 0.25) is 5.91 Å². The fourth-order valence-electron chi connectivity index (χ4n) is 2.46. The van der Waals surface area contributed by atoms with Gasteiger partial charge in [-0.2, -0.15) is 0 Å². The second-order valence-electron chi connectivity index (χ2n) is 5.76. The van der Waals surface area contributed by atoms with Crippen molar-refractivity contribution in [1.82, 2.24) is 4.98 Å². The van der Waals surface area contributed by atoms with Crippen LogP contribution in [0.5, 0.6) is 0 Å². The lowest BCUT2D eigenvalue weighted by atomic mass is 10.2. The van der Waals surface area contributed by atoms with Crippen LogP contribution in [0.3, 0.4) is 0 Å². The van der Waals surface area contributed by atoms with Gasteiger partial charge in [-0.15, -0.1) is 0 Å². The number of carboxylic acids is 1. The monoisotopic (exact) mass is 393 g/mol. The number of nitrogens with zero attached hydrogens (tertiary/aromatic N) is 1. The van der Waals surface area contributed by atoms with Crippen LogP contribution < -0.4 is 10.6 Å². The predicted octanol–water partition coefficient (Wildman–Crippen LogP) is 3.30. The van der Waals surface area contributed by atoms with Crippen LogP contribution in [0.15, 0.2) is 36.5 Å². The van der Waals surface area contributed by atoms with Crippen LogP contribution in [0.1, 0.15) is 16.8 Å². The van der Waals surface area contributed by atoms with Gasteiger partial charge in [-0.3, -0.25) is 14.4 Å². The van der Waals surface area contributed by atoms with E-state index >= 15 is 0 Å². The highest BCUT2D eigenvalue weighted by atomic mass is 35.5. The van der Waals surface area contributed by atoms with Crippen LogP contribution in [0.4, 0.5) is 11.5 Å². The number of aromatic nitrogens is 1. The molecule has 0 saturated heterocycles. The Balaban J connectivity index is 1.69. The van der Waals surface area contributed by atoms with Crippen molar-refractivity contribution in [2.75, 3.05) is 10.6 Å². The molecule has 1 fully saturated rings. The highest BCUT2D eigenvalue weighted by molar-refractivity contribution is 6.40. The maximum atomic E-state index is 12.4. The number of carboxylic acid groups (broad SMARTS) is 1. The van der Waals surface area contributed by atoms with Gasteiger partial charge in [-0.25, -0.2) is 4.98 Å². The first-order valence-electron chi connectivity index (χ1n) is 7.62. The third kappa shape index (κ3) is 3.95. The number of rotatable bonds is 5. The minimum Gasteiger partial charge on any atom is -0.481 e. The molecule has 0 unspecified atom stereocenters. The first-order chi connectivity index (χ1) is 12.4. The Morgan fingerprint density at radius 3 is 2.38 bits per heavy atom. The molecule has 0 spiro atoms. The van der Waals surface area contributed by atoms with E-state index in [1.807, 2.05) is 0 Å². The maximum absolute atomic E-state index is 12.4. The summed E-state index contributed by atoms with van der Waals surface area (Å²) in [6, 6.07) is 7.72. The topological polar surface area (TPSA) is 108 Å². The summed E-state index contributed by atoms with van der Waals surface area (Å²) in [5, 5.41) is 14.5. The normalized spacial score (nSPS) is 18.1. The molecule has 0 radical (unpaired) electrons. The molecule has 1 aromatic carbocycles. The van der Waals surface area contributed by atoms with Gasteiger partial charge < -0.3 is 15.7 Å². The Hall–Kier alpha value is -2.64. The molecule has 2 amide bonds. The summed E-state index contributed by atoms with van der Waals surface area (Å²) >= 11 is 12.0. The van der Waals surface area contributed by atoms with Crippen molar-refractivity contribution in [3.05, 3.63) is 52.1 Å². The summed E-state index contributed by atoms with van der Waals surface area (Å²) in [5.41, 5.74) is 0.516. The predicted molar refractivity (Wildman–Crippen MR) is 96.5 cm³/mol. The van der Waals surface area contributed by atoms with Gasteiger partial charge in [0.05, 0.1) is 27.4 Å². The van der Waals surface area contributed by atoms with Crippen molar-refractivity contribution in [2.45, 2.75) is 6.42 Å². The van der Waals surface area contributed by atoms with E-state index in [0.29, 0.717) is 12.1 Å². The molecule has 1 aliphatic carbocycles. The lowest BCUT2D eigenvalue weighted by molar-refractivity contribution is -0.139. The van der Waals surface area contributed by atoms with Gasteiger partial charge in [-0.1, -0.05) is 29.3 Å². The highest BCUT2D eigenvalue weighted by Crippen LogP contribution is 2.39. The molecule has 134 valence electrons. The van der Waals surface area contributed by atoms with E-state index in [0.717, 1.165) is 0 Å². The summed E-state index contributed by atoms with van der Waals surface area (Å²) in [6.45, 7) is 0. The van der Waals surface area contributed by atoms with Crippen molar-refractivity contribution in [1.29, 1.82) is 0 Å². The van der Waals surface area contributed by atoms with Gasteiger partial charge in [0.25, 0.3) is 5.91 Å². The number of aliphatic carboxylic acids is 1. The van der Waals surface area contributed by atoms with E-state index in [2.05, 4.69) is 15.6 Å². The van der Waals surface area contributed by atoms with Crippen LogP contribution in [0.25, 0.3) is 0 Å². The average Bonchev–Trinajstić information content (AvgIpc) is 3.36. The number of amides is 2. The summed E-state index contributed by atoms with van der Waals surface area (Å²) in [6.07, 6.45) is 1.71. The first kappa shape index (κ1) is 18.2. The Kier molecular flexibility index (Phi) is 5.11. The van der Waals surface area contributed by atoms with Gasteiger partial charge in [0, 0.05) is 18.0 Å². The smallest absolute Gasteiger partial charge is 0.307 e. The highest BCUT2D eigenvalue weighted by Gasteiger charge is 2.48. The molecule has 7 nitrogen and oxygen atoms in total. The van der Waals surface area contributed by atoms with Gasteiger partial charge in [-0.05, 0) is 24.6 Å². The number of hydrogen-bond donors (Lipinski definition) is 3. The van der Waals surface area contributed by atoms with E-state index in [-0.39, 0.29) is 21.4 Å². The van der Waals surface area contributed by atoms with Crippen LogP contribution >= 0.6 is 23.2 Å². The molecule has 1 heterocycles. The van der Waals surface area contributed by atoms with Crippen molar-refractivity contribution < 1.29 is 19.5 Å². The zero-order chi connectivity index (χ0) is 18.8. The number of hydrogen-bond acceptors (Lipinski definition) is 4. The summed E-state index contributed by atoms with van der Waals surface area (Å²) in [5.74, 6) is -2.92. The van der Waals surface area contributed by atoms with E-state index in [1.54, 1.807) is 18.2 Å². The van der Waals surface area contributed by atoms with Crippen LogP contribution in [0.2, 0.25) is 10.0 Å². The van der Waals surface area contributed by atoms with E-state index < -0.39 is 29.6 Å². The Morgan fingerprint density at radius 1 is 1.08 bits per heavy atom. The van der Waals surface area contributed by atoms with E-state index in [9.17, 15) is 14.4 Å². The SMILES string of the molecule is O=C(Nc1ccnc(NC(=O)[C@@H]2C[C@H]2C(=O)O)c1)c1c(Cl)cccc1Cl. The molecule has 26 heavy (non-hydrogen) atoms. The molecular weight excluding hydrogens is 381 g/mol. The molecule has 9 heteroatoms. The van der Waals surface area contributed by atoms with Crippen LogP contribution in [-0.4, -0.2) is 27.9 Å². The fraction of sp³-hybridized carbons (Fsp3) is 0.176. The van der Waals surface area contributed by atoms with Gasteiger partial charge in [0.1, 0.15) is 5.82 Å². The quantitative estimate of drug-likeness (QED) is 0.721. The van der Waals surface area contributed by atoms with Crippen molar-refractivity contribution in [2.24, 2.45) is 11.8 Å². The Morgan fingerprint density at radius 2 is 1.77 bits per heavy atom. The first-order valence-corrected chi connectivity index (χ1v) is 8.37. The van der Waals surface area contributed by atoms with Crippen molar-refractivity contribution in [3.63, 3.8) is 0 Å². The molecule has 1 saturated carbocycles. The molecule has 0 aliphatic heterocycles. The second kappa shape index (κ2) is 7.31. The number of carbonyl (C=O) groups is 3. The minimum atomic E-state index is -0.990. The van der Waals surface area contributed by atoms with Crippen molar-refractivity contribution >= 4 is 52.5 Å². The fourth-order valence-corrected chi connectivity index (χ4v) is 3.03. The zero-order valence-corrected chi connectivity index (χ0v) is 14.7. The Bertz CT molecular complexity index is 883. The number of anilines is 2. The molecule has 3 rings (SSSR count). The molecular formula is C17H13Cl2N3O4. The van der Waals surface area contributed by atoms with Gasteiger partial charge in [0.15, 0.2) is 0 Å². The molecule has 3 N–H and O–H groups in total. The number of halogens is 2. The number of carbonyl (C=O) groups excluding carboxylic acids is 2. The lowest BCUT2D eigenvalue weighted by Crippen LogP contribution is -2.18. The minimum absolute atomic E-state index is 0.139. The van der Waals surface area contributed by atoms with Crippen LogP contribution in [0, 0.1) is 11.8 Å². The number of nitrogens with one attached hydrogen (secondary N) is 2. The van der Waals surface area contributed by atoms with Crippen molar-refractivity contribution in [3.8, 4) is 0 Å². The molecule has 1 aromatic heterocycles. The largest absolute Gasteiger partial charge is 0.481 e. The molecule has 0 bridgehead atoms. The second-order valence-corrected chi connectivity index (χ2v) is 6.57. The lowest BCUT2D eigenvalue weighted by Gasteiger charge is -2.10. The number of pyridine rings is 1. The summed E-state index contributed by atoms with van der Waals surface area (Å²) < 4.78 is 0. The molecule has 2 atom stereocenters. The summed E-state index contributed by atoms with van der Waals surface area (Å²) in [7, 11) is 0. The third-order valence-electron chi connectivity index (χ3n) is 3.90. The average molecular weight is 394 g/mol. The van der Waals surface area contributed by atoms with E-state index in [4.69, 9.17) is 28.3 Å².